The molecule has 76 valence electrons. The molecule has 0 saturated heterocycles. The Morgan fingerprint density at radius 3 is 1.43 bits per heavy atom. The number of carbonyl (C=O) groups is 2. The van der Waals surface area contributed by atoms with E-state index in [2.05, 4.69) is 22.6 Å². The van der Waals surface area contributed by atoms with Gasteiger partial charge < -0.3 is 9.47 Å². The summed E-state index contributed by atoms with van der Waals surface area (Å²) in [7, 11) is 0. The Morgan fingerprint density at radius 2 is 1.21 bits per heavy atom. The number of carbonyl (C=O) groups excluding carboxylic acids is 2. The number of ether oxygens (including phenoxy) is 2. The van der Waals surface area contributed by atoms with Gasteiger partial charge in [0.2, 0.25) is 0 Å². The first-order valence-electron chi connectivity index (χ1n) is 3.84. The second-order valence-corrected chi connectivity index (χ2v) is 2.58. The molecule has 0 aliphatic heterocycles. The van der Waals surface area contributed by atoms with Crippen molar-refractivity contribution >= 4 is 11.9 Å². The lowest BCUT2D eigenvalue weighted by molar-refractivity contribution is -0.136. The fraction of sp³-hybridized carbons (Fsp3) is 0.200. The topological polar surface area (TPSA) is 52.6 Å². The molecule has 0 amide bonds. The van der Waals surface area contributed by atoms with Crippen LogP contribution in [0.5, 0.6) is 0 Å². The molecule has 0 bridgehead atoms. The molecule has 0 saturated carbocycles. The zero-order chi connectivity index (χ0) is 11.1. The van der Waals surface area contributed by atoms with Gasteiger partial charge in [-0.2, -0.15) is 0 Å². The third kappa shape index (κ3) is 6.84. The highest BCUT2D eigenvalue weighted by Gasteiger charge is 2.00. The second kappa shape index (κ2) is 5.75. The molecule has 0 fully saturated rings. The van der Waals surface area contributed by atoms with Gasteiger partial charge in [-0.05, 0) is 13.8 Å². The van der Waals surface area contributed by atoms with Crippen LogP contribution in [0.25, 0.3) is 0 Å². The fourth-order valence-electron chi connectivity index (χ4n) is 0.548. The molecule has 0 spiro atoms. The van der Waals surface area contributed by atoms with Gasteiger partial charge in [0.1, 0.15) is 0 Å². The van der Waals surface area contributed by atoms with Crippen LogP contribution in [0.1, 0.15) is 13.8 Å². The van der Waals surface area contributed by atoms with Crippen molar-refractivity contribution in [1.82, 2.24) is 0 Å². The van der Waals surface area contributed by atoms with Crippen molar-refractivity contribution in [3.05, 3.63) is 36.8 Å². The Labute approximate surface area is 82.5 Å². The summed E-state index contributed by atoms with van der Waals surface area (Å²) in [5.41, 5.74) is 0. The molecule has 0 atom stereocenters. The summed E-state index contributed by atoms with van der Waals surface area (Å²) in [6, 6.07) is 0. The summed E-state index contributed by atoms with van der Waals surface area (Å²) < 4.78 is 9.11. The number of rotatable bonds is 4. The van der Waals surface area contributed by atoms with Crippen LogP contribution in [0.3, 0.4) is 0 Å². The van der Waals surface area contributed by atoms with Gasteiger partial charge in [0.05, 0.1) is 11.5 Å². The molecular formula is C10H12O4. The summed E-state index contributed by atoms with van der Waals surface area (Å²) >= 11 is 0. The first-order chi connectivity index (χ1) is 6.41. The Balaban J connectivity index is 4.04. The minimum Gasteiger partial charge on any atom is -0.429 e. The lowest BCUT2D eigenvalue weighted by atomic mass is 10.5. The highest BCUT2D eigenvalue weighted by atomic mass is 16.5. The van der Waals surface area contributed by atoms with Crippen LogP contribution in [-0.4, -0.2) is 11.9 Å². The first-order valence-corrected chi connectivity index (χ1v) is 3.84. The number of allylic oxidation sites excluding steroid dienone is 2. The standard InChI is InChI=1S/C10H12O4/c1-7(2)13-9(11)5-6-10(12)14-8(3)4/h5-6H,1,3H2,2,4H3/b6-5+. The van der Waals surface area contributed by atoms with Crippen molar-refractivity contribution in [1.29, 1.82) is 0 Å². The van der Waals surface area contributed by atoms with Gasteiger partial charge in [0, 0.05) is 12.2 Å². The highest BCUT2D eigenvalue weighted by molar-refractivity contribution is 5.92. The van der Waals surface area contributed by atoms with Crippen LogP contribution >= 0.6 is 0 Å². The van der Waals surface area contributed by atoms with Crippen molar-refractivity contribution < 1.29 is 19.1 Å². The molecule has 0 rings (SSSR count). The summed E-state index contributed by atoms with van der Waals surface area (Å²) in [6.45, 7) is 9.78. The molecule has 0 unspecified atom stereocenters. The maximum Gasteiger partial charge on any atom is 0.336 e. The quantitative estimate of drug-likeness (QED) is 0.390. The van der Waals surface area contributed by atoms with E-state index in [9.17, 15) is 9.59 Å². The van der Waals surface area contributed by atoms with Gasteiger partial charge in [-0.15, -0.1) is 0 Å². The Bertz CT molecular complexity index is 269. The monoisotopic (exact) mass is 196 g/mol. The van der Waals surface area contributed by atoms with Crippen LogP contribution in [0.2, 0.25) is 0 Å². The third-order valence-corrected chi connectivity index (χ3v) is 0.905. The zero-order valence-electron chi connectivity index (χ0n) is 8.20. The molecular weight excluding hydrogens is 184 g/mol. The van der Waals surface area contributed by atoms with E-state index in [0.717, 1.165) is 12.2 Å². The average Bonchev–Trinajstić information content (AvgIpc) is 1.98. The summed E-state index contributed by atoms with van der Waals surface area (Å²) in [4.78, 5) is 21.7. The first kappa shape index (κ1) is 12.2. The molecule has 0 N–H and O–H groups in total. The van der Waals surface area contributed by atoms with Crippen LogP contribution < -0.4 is 0 Å². The minimum absolute atomic E-state index is 0.257. The van der Waals surface area contributed by atoms with E-state index in [4.69, 9.17) is 0 Å². The molecule has 0 aromatic carbocycles. The second-order valence-electron chi connectivity index (χ2n) is 2.58. The maximum atomic E-state index is 10.8. The third-order valence-electron chi connectivity index (χ3n) is 0.905. The smallest absolute Gasteiger partial charge is 0.336 e. The van der Waals surface area contributed by atoms with E-state index in [1.807, 2.05) is 0 Å². The predicted octanol–water partition coefficient (Wildman–Crippen LogP) is 1.70. The SMILES string of the molecule is C=C(C)OC(=O)/C=C/C(=O)OC(=C)C. The fourth-order valence-corrected chi connectivity index (χ4v) is 0.548. The van der Waals surface area contributed by atoms with E-state index in [-0.39, 0.29) is 11.5 Å². The molecule has 0 aliphatic rings. The Morgan fingerprint density at radius 1 is 0.929 bits per heavy atom. The predicted molar refractivity (Wildman–Crippen MR) is 51.0 cm³/mol. The van der Waals surface area contributed by atoms with E-state index in [0.29, 0.717) is 0 Å². The molecule has 4 heteroatoms. The lowest BCUT2D eigenvalue weighted by Gasteiger charge is -1.98. The Kier molecular flexibility index (Phi) is 4.99. The maximum absolute atomic E-state index is 10.8. The van der Waals surface area contributed by atoms with Gasteiger partial charge in [-0.25, -0.2) is 9.59 Å². The minimum atomic E-state index is -0.670. The van der Waals surface area contributed by atoms with E-state index >= 15 is 0 Å². The Hall–Kier alpha value is -1.84. The number of hydrogen-bond acceptors (Lipinski definition) is 4. The van der Waals surface area contributed by atoms with E-state index in [1.165, 1.54) is 13.8 Å². The van der Waals surface area contributed by atoms with Gasteiger partial charge in [-0.1, -0.05) is 13.2 Å². The zero-order valence-corrected chi connectivity index (χ0v) is 8.20. The van der Waals surface area contributed by atoms with E-state index in [1.54, 1.807) is 0 Å². The van der Waals surface area contributed by atoms with Crippen molar-refractivity contribution in [3.8, 4) is 0 Å². The van der Waals surface area contributed by atoms with Crippen LogP contribution in [-0.2, 0) is 19.1 Å². The average molecular weight is 196 g/mol. The van der Waals surface area contributed by atoms with Gasteiger partial charge in [-0.3, -0.25) is 0 Å². The molecule has 14 heavy (non-hydrogen) atoms. The van der Waals surface area contributed by atoms with Crippen LogP contribution in [0.4, 0.5) is 0 Å². The number of hydrogen-bond donors (Lipinski definition) is 0. The van der Waals surface area contributed by atoms with Gasteiger partial charge >= 0.3 is 11.9 Å². The molecule has 0 aliphatic carbocycles. The largest absolute Gasteiger partial charge is 0.429 e. The highest BCUT2D eigenvalue weighted by Crippen LogP contribution is 1.95. The molecule has 0 aromatic rings. The van der Waals surface area contributed by atoms with Crippen molar-refractivity contribution in [2.24, 2.45) is 0 Å². The van der Waals surface area contributed by atoms with Crippen molar-refractivity contribution in [3.63, 3.8) is 0 Å². The molecule has 4 nitrogen and oxygen atoms in total. The van der Waals surface area contributed by atoms with Crippen molar-refractivity contribution in [2.75, 3.05) is 0 Å². The summed E-state index contributed by atoms with van der Waals surface area (Å²) in [6.07, 6.45) is 1.92. The summed E-state index contributed by atoms with van der Waals surface area (Å²) in [5, 5.41) is 0. The van der Waals surface area contributed by atoms with E-state index < -0.39 is 11.9 Å². The normalized spacial score (nSPS) is 9.57. The number of esters is 2. The van der Waals surface area contributed by atoms with Crippen LogP contribution in [0.15, 0.2) is 36.8 Å². The van der Waals surface area contributed by atoms with Crippen molar-refractivity contribution in [2.45, 2.75) is 13.8 Å². The summed E-state index contributed by atoms with van der Waals surface area (Å²) in [5.74, 6) is -0.826. The molecule has 0 radical (unpaired) electrons. The van der Waals surface area contributed by atoms with Gasteiger partial charge in [0.15, 0.2) is 0 Å². The molecule has 0 heterocycles. The molecule has 0 aromatic heterocycles. The van der Waals surface area contributed by atoms with Crippen LogP contribution in [0, 0.1) is 0 Å². The van der Waals surface area contributed by atoms with Gasteiger partial charge in [0.25, 0.3) is 0 Å². The lowest BCUT2D eigenvalue weighted by Crippen LogP contribution is -2.02.